The Morgan fingerprint density at radius 1 is 1.15 bits per heavy atom. The number of aliphatic hydroxyl groups is 1. The van der Waals surface area contributed by atoms with Gasteiger partial charge in [0.1, 0.15) is 5.82 Å². The van der Waals surface area contributed by atoms with Crippen LogP contribution < -0.4 is 0 Å². The number of hydrogen-bond acceptors (Lipinski definition) is 1. The fourth-order valence-corrected chi connectivity index (χ4v) is 3.06. The fourth-order valence-electron chi connectivity index (χ4n) is 2.54. The van der Waals surface area contributed by atoms with Crippen molar-refractivity contribution in [3.8, 4) is 0 Å². The van der Waals surface area contributed by atoms with Gasteiger partial charge in [-0.2, -0.15) is 0 Å². The van der Waals surface area contributed by atoms with Crippen LogP contribution in [-0.2, 0) is 6.42 Å². The summed E-state index contributed by atoms with van der Waals surface area (Å²) in [5.74, 6) is -0.215. The zero-order chi connectivity index (χ0) is 14.5. The number of benzene rings is 2. The molecular weight excluding hydrogens is 319 g/mol. The molecule has 0 spiro atoms. The lowest BCUT2D eigenvalue weighted by Crippen LogP contribution is -2.20. The highest BCUT2D eigenvalue weighted by Crippen LogP contribution is 2.26. The molecule has 1 nitrogen and oxygen atoms in total. The molecule has 0 aliphatic rings. The van der Waals surface area contributed by atoms with Crippen LogP contribution in [0.25, 0.3) is 0 Å². The molecule has 0 fully saturated rings. The average molecular weight is 337 g/mol. The van der Waals surface area contributed by atoms with E-state index in [1.54, 1.807) is 0 Å². The van der Waals surface area contributed by atoms with Gasteiger partial charge in [0, 0.05) is 10.4 Å². The highest BCUT2D eigenvalue weighted by molar-refractivity contribution is 9.10. The van der Waals surface area contributed by atoms with Gasteiger partial charge < -0.3 is 5.11 Å². The standard InChI is InChI=1S/C17H18BrFO/c1-2-16(13-6-4-3-5-7-13)17(20)10-12-8-14(18)11-15(19)9-12/h3-9,11,16-17,20H,2,10H2,1H3. The van der Waals surface area contributed by atoms with Crippen molar-refractivity contribution in [2.24, 2.45) is 0 Å². The first kappa shape index (κ1) is 15.2. The van der Waals surface area contributed by atoms with E-state index >= 15 is 0 Å². The van der Waals surface area contributed by atoms with Crippen LogP contribution >= 0.6 is 15.9 Å². The number of rotatable bonds is 5. The summed E-state index contributed by atoms with van der Waals surface area (Å²) >= 11 is 3.28. The first-order valence-electron chi connectivity index (χ1n) is 6.78. The van der Waals surface area contributed by atoms with E-state index in [2.05, 4.69) is 22.9 Å². The molecule has 1 N–H and O–H groups in total. The van der Waals surface area contributed by atoms with Crippen LogP contribution in [0.2, 0.25) is 0 Å². The predicted octanol–water partition coefficient (Wildman–Crippen LogP) is 4.69. The van der Waals surface area contributed by atoms with E-state index in [1.807, 2.05) is 36.4 Å². The van der Waals surface area contributed by atoms with Crippen molar-refractivity contribution in [2.75, 3.05) is 0 Å². The fraction of sp³-hybridized carbons (Fsp3) is 0.294. The van der Waals surface area contributed by atoms with Gasteiger partial charge in [0.05, 0.1) is 6.10 Å². The van der Waals surface area contributed by atoms with Crippen LogP contribution in [0.3, 0.4) is 0 Å². The van der Waals surface area contributed by atoms with Crippen LogP contribution in [0.4, 0.5) is 4.39 Å². The monoisotopic (exact) mass is 336 g/mol. The Labute approximate surface area is 127 Å². The van der Waals surface area contributed by atoms with Gasteiger partial charge in [-0.3, -0.25) is 0 Å². The second-order valence-corrected chi connectivity index (χ2v) is 5.89. The summed E-state index contributed by atoms with van der Waals surface area (Å²) in [5.41, 5.74) is 1.93. The Bertz CT molecular complexity index is 536. The van der Waals surface area contributed by atoms with Gasteiger partial charge in [-0.1, -0.05) is 53.2 Å². The van der Waals surface area contributed by atoms with Crippen molar-refractivity contribution in [2.45, 2.75) is 31.8 Å². The lowest BCUT2D eigenvalue weighted by Gasteiger charge is -2.22. The van der Waals surface area contributed by atoms with Crippen molar-refractivity contribution in [1.29, 1.82) is 0 Å². The topological polar surface area (TPSA) is 20.2 Å². The maximum absolute atomic E-state index is 13.4. The molecule has 2 unspecified atom stereocenters. The number of halogens is 2. The molecule has 0 radical (unpaired) electrons. The molecule has 2 aromatic carbocycles. The minimum Gasteiger partial charge on any atom is -0.392 e. The molecule has 106 valence electrons. The van der Waals surface area contributed by atoms with Crippen molar-refractivity contribution in [3.05, 3.63) is 69.9 Å². The summed E-state index contributed by atoms with van der Waals surface area (Å²) in [6, 6.07) is 14.7. The van der Waals surface area contributed by atoms with E-state index in [9.17, 15) is 9.50 Å². The highest BCUT2D eigenvalue weighted by atomic mass is 79.9. The van der Waals surface area contributed by atoms with Crippen LogP contribution in [0.15, 0.2) is 53.0 Å². The summed E-state index contributed by atoms with van der Waals surface area (Å²) in [5, 5.41) is 10.5. The lowest BCUT2D eigenvalue weighted by molar-refractivity contribution is 0.140. The third-order valence-electron chi connectivity index (χ3n) is 3.50. The number of hydrogen-bond donors (Lipinski definition) is 1. The normalized spacial score (nSPS) is 14.0. The van der Waals surface area contributed by atoms with Crippen LogP contribution in [0.1, 0.15) is 30.4 Å². The van der Waals surface area contributed by atoms with E-state index in [-0.39, 0.29) is 11.7 Å². The Hall–Kier alpha value is -1.19. The molecule has 0 saturated carbocycles. The molecule has 0 aliphatic carbocycles. The van der Waals surface area contributed by atoms with E-state index in [0.29, 0.717) is 10.9 Å². The van der Waals surface area contributed by atoms with Gasteiger partial charge in [-0.05, 0) is 42.2 Å². The van der Waals surface area contributed by atoms with Crippen molar-refractivity contribution in [1.82, 2.24) is 0 Å². The van der Waals surface area contributed by atoms with Gasteiger partial charge >= 0.3 is 0 Å². The molecule has 0 saturated heterocycles. The molecule has 0 aromatic heterocycles. The molecular formula is C17H18BrFO. The second-order valence-electron chi connectivity index (χ2n) is 4.97. The summed E-state index contributed by atoms with van der Waals surface area (Å²) < 4.78 is 14.1. The molecule has 0 aliphatic heterocycles. The first-order chi connectivity index (χ1) is 9.60. The molecule has 0 bridgehead atoms. The largest absolute Gasteiger partial charge is 0.392 e. The van der Waals surface area contributed by atoms with E-state index in [0.717, 1.165) is 17.5 Å². The van der Waals surface area contributed by atoms with E-state index < -0.39 is 6.10 Å². The van der Waals surface area contributed by atoms with Gasteiger partial charge in [0.15, 0.2) is 0 Å². The molecule has 2 rings (SSSR count). The average Bonchev–Trinajstić information content (AvgIpc) is 2.39. The lowest BCUT2D eigenvalue weighted by atomic mass is 9.88. The molecule has 0 amide bonds. The smallest absolute Gasteiger partial charge is 0.124 e. The first-order valence-corrected chi connectivity index (χ1v) is 7.57. The Morgan fingerprint density at radius 3 is 2.45 bits per heavy atom. The summed E-state index contributed by atoms with van der Waals surface area (Å²) in [6.45, 7) is 2.06. The SMILES string of the molecule is CCC(c1ccccc1)C(O)Cc1cc(F)cc(Br)c1. The van der Waals surface area contributed by atoms with Crippen molar-refractivity contribution >= 4 is 15.9 Å². The predicted molar refractivity (Wildman–Crippen MR) is 83.3 cm³/mol. The number of aliphatic hydroxyl groups excluding tert-OH is 1. The molecule has 2 aromatic rings. The minimum atomic E-state index is -0.518. The van der Waals surface area contributed by atoms with Gasteiger partial charge in [0.25, 0.3) is 0 Å². The van der Waals surface area contributed by atoms with Crippen LogP contribution in [0.5, 0.6) is 0 Å². The van der Waals surface area contributed by atoms with Gasteiger partial charge in [-0.25, -0.2) is 4.39 Å². The Balaban J connectivity index is 2.15. The second kappa shape index (κ2) is 7.00. The zero-order valence-corrected chi connectivity index (χ0v) is 13.0. The molecule has 0 heterocycles. The van der Waals surface area contributed by atoms with Crippen molar-refractivity contribution in [3.63, 3.8) is 0 Å². The Kier molecular flexibility index (Phi) is 5.32. The van der Waals surface area contributed by atoms with E-state index in [1.165, 1.54) is 12.1 Å². The maximum atomic E-state index is 13.4. The third-order valence-corrected chi connectivity index (χ3v) is 3.96. The molecule has 20 heavy (non-hydrogen) atoms. The minimum absolute atomic E-state index is 0.0678. The Morgan fingerprint density at radius 2 is 1.85 bits per heavy atom. The molecule has 2 atom stereocenters. The third kappa shape index (κ3) is 3.90. The molecule has 3 heteroatoms. The van der Waals surface area contributed by atoms with E-state index in [4.69, 9.17) is 0 Å². The maximum Gasteiger partial charge on any atom is 0.124 e. The van der Waals surface area contributed by atoms with Crippen molar-refractivity contribution < 1.29 is 9.50 Å². The summed E-state index contributed by atoms with van der Waals surface area (Å²) in [4.78, 5) is 0. The summed E-state index contributed by atoms with van der Waals surface area (Å²) in [6.07, 6.45) is 0.780. The summed E-state index contributed by atoms with van der Waals surface area (Å²) in [7, 11) is 0. The van der Waals surface area contributed by atoms with Gasteiger partial charge in [-0.15, -0.1) is 0 Å². The van der Waals surface area contributed by atoms with Crippen LogP contribution in [-0.4, -0.2) is 11.2 Å². The highest BCUT2D eigenvalue weighted by Gasteiger charge is 2.19. The quantitative estimate of drug-likeness (QED) is 0.840. The zero-order valence-electron chi connectivity index (χ0n) is 11.4. The van der Waals surface area contributed by atoms with Crippen LogP contribution in [0, 0.1) is 5.82 Å². The van der Waals surface area contributed by atoms with Gasteiger partial charge in [0.2, 0.25) is 0 Å².